The summed E-state index contributed by atoms with van der Waals surface area (Å²) in [5.74, 6) is -1.74. The Labute approximate surface area is 86.9 Å². The van der Waals surface area contributed by atoms with E-state index in [0.717, 1.165) is 0 Å². The number of aliphatic carboxylic acids is 2. The Morgan fingerprint density at radius 2 is 1.18 bits per heavy atom. The molecule has 0 amide bonds. The second-order valence-electron chi connectivity index (χ2n) is 1.99. The molecule has 4 nitrogen and oxygen atoms in total. The van der Waals surface area contributed by atoms with Crippen LogP contribution >= 0.6 is 0 Å². The van der Waals surface area contributed by atoms with E-state index in [1.165, 1.54) is 0 Å². The maximum atomic E-state index is 9.90. The first-order chi connectivity index (χ1) is 4.63. The van der Waals surface area contributed by atoms with Crippen LogP contribution in [0, 0.1) is 0 Å². The molecule has 59 valence electrons. The number of unbranched alkanes of at least 4 members (excludes halogenated alkanes) is 1. The summed E-state index contributed by atoms with van der Waals surface area (Å²) in [5.41, 5.74) is 0. The topological polar surface area (TPSA) is 74.6 Å². The molecule has 0 unspecified atom stereocenters. The van der Waals surface area contributed by atoms with E-state index in [-0.39, 0.29) is 42.4 Å². The van der Waals surface area contributed by atoms with Crippen LogP contribution in [0.15, 0.2) is 0 Å². The van der Waals surface area contributed by atoms with Gasteiger partial charge in [0.05, 0.1) is 0 Å². The largest absolute Gasteiger partial charge is 0.481 e. The maximum absolute atomic E-state index is 9.90. The van der Waals surface area contributed by atoms with Gasteiger partial charge in [-0.3, -0.25) is 9.59 Å². The van der Waals surface area contributed by atoms with Crippen molar-refractivity contribution in [3.05, 3.63) is 0 Å². The Bertz CT molecular complexity index is 119. The molecule has 0 fully saturated rings. The Kier molecular flexibility index (Phi) is 9.89. The third kappa shape index (κ3) is 13.0. The average molecular weight is 169 g/mol. The zero-order valence-electron chi connectivity index (χ0n) is 6.54. The molecule has 0 aromatic heterocycles. The summed E-state index contributed by atoms with van der Waals surface area (Å²) in [6, 6.07) is 0. The second-order valence-corrected chi connectivity index (χ2v) is 1.99. The summed E-state index contributed by atoms with van der Waals surface area (Å²) in [7, 11) is 0. The van der Waals surface area contributed by atoms with E-state index in [9.17, 15) is 9.59 Å². The van der Waals surface area contributed by atoms with Crippen LogP contribution in [0.25, 0.3) is 0 Å². The van der Waals surface area contributed by atoms with Gasteiger partial charge < -0.3 is 10.2 Å². The first-order valence-electron chi connectivity index (χ1n) is 3.06. The fourth-order valence-electron chi connectivity index (χ4n) is 0.552. The average Bonchev–Trinajstić information content (AvgIpc) is 1.79. The van der Waals surface area contributed by atoms with Gasteiger partial charge in [-0.25, -0.2) is 0 Å². The molecule has 2 N–H and O–H groups in total. The SMILES string of the molecule is O=C(O)CCCCC(=O)O.[Na]. The molecule has 0 saturated carbocycles. The molecule has 0 aromatic rings. The van der Waals surface area contributed by atoms with Crippen molar-refractivity contribution in [2.45, 2.75) is 25.7 Å². The molecule has 1 radical (unpaired) electrons. The van der Waals surface area contributed by atoms with E-state index in [4.69, 9.17) is 10.2 Å². The van der Waals surface area contributed by atoms with Crippen molar-refractivity contribution >= 4 is 41.5 Å². The van der Waals surface area contributed by atoms with Crippen molar-refractivity contribution in [2.75, 3.05) is 0 Å². The van der Waals surface area contributed by atoms with Gasteiger partial charge in [0.25, 0.3) is 0 Å². The minimum atomic E-state index is -0.870. The Hall–Kier alpha value is -0.0600. The van der Waals surface area contributed by atoms with Crippen molar-refractivity contribution < 1.29 is 19.8 Å². The number of carboxylic acid groups (broad SMARTS) is 2. The van der Waals surface area contributed by atoms with Gasteiger partial charge >= 0.3 is 11.9 Å². The molecular weight excluding hydrogens is 159 g/mol. The number of rotatable bonds is 5. The van der Waals surface area contributed by atoms with Gasteiger partial charge in [-0.1, -0.05) is 0 Å². The minimum Gasteiger partial charge on any atom is -0.481 e. The second kappa shape index (κ2) is 8.04. The van der Waals surface area contributed by atoms with Crippen molar-refractivity contribution in [3.63, 3.8) is 0 Å². The van der Waals surface area contributed by atoms with Crippen LogP contribution in [0.2, 0.25) is 0 Å². The number of hydrogen-bond donors (Lipinski definition) is 2. The smallest absolute Gasteiger partial charge is 0.303 e. The number of hydrogen-bond acceptors (Lipinski definition) is 2. The summed E-state index contributed by atoms with van der Waals surface area (Å²) in [5, 5.41) is 16.3. The van der Waals surface area contributed by atoms with E-state index in [0.29, 0.717) is 12.8 Å². The molecular formula is C6H10NaO4. The summed E-state index contributed by atoms with van der Waals surface area (Å²) in [6.07, 6.45) is 1.02. The summed E-state index contributed by atoms with van der Waals surface area (Å²) in [4.78, 5) is 19.8. The van der Waals surface area contributed by atoms with Crippen molar-refractivity contribution in [3.8, 4) is 0 Å². The van der Waals surface area contributed by atoms with Gasteiger partial charge in [0.1, 0.15) is 0 Å². The third-order valence-electron chi connectivity index (χ3n) is 1.03. The number of carboxylic acids is 2. The van der Waals surface area contributed by atoms with Gasteiger partial charge in [-0.05, 0) is 12.8 Å². The van der Waals surface area contributed by atoms with E-state index in [1.807, 2.05) is 0 Å². The minimum absolute atomic E-state index is 0. The van der Waals surface area contributed by atoms with E-state index in [2.05, 4.69) is 0 Å². The van der Waals surface area contributed by atoms with Gasteiger partial charge in [0.15, 0.2) is 0 Å². The van der Waals surface area contributed by atoms with Crippen molar-refractivity contribution in [1.29, 1.82) is 0 Å². The molecule has 0 atom stereocenters. The molecule has 11 heavy (non-hydrogen) atoms. The van der Waals surface area contributed by atoms with E-state index < -0.39 is 11.9 Å². The molecule has 0 heterocycles. The van der Waals surface area contributed by atoms with Gasteiger partial charge in [0, 0.05) is 42.4 Å². The molecule has 0 aromatic carbocycles. The van der Waals surface area contributed by atoms with Crippen LogP contribution in [-0.2, 0) is 9.59 Å². The van der Waals surface area contributed by atoms with Crippen molar-refractivity contribution in [2.24, 2.45) is 0 Å². The molecule has 0 aliphatic carbocycles. The first-order valence-corrected chi connectivity index (χ1v) is 3.06. The zero-order chi connectivity index (χ0) is 7.98. The Morgan fingerprint density at radius 3 is 1.36 bits per heavy atom. The molecule has 0 saturated heterocycles. The number of carbonyl (C=O) groups is 2. The van der Waals surface area contributed by atoms with Crippen LogP contribution in [-0.4, -0.2) is 51.7 Å². The fourth-order valence-corrected chi connectivity index (χ4v) is 0.552. The van der Waals surface area contributed by atoms with Crippen LogP contribution < -0.4 is 0 Å². The maximum Gasteiger partial charge on any atom is 0.303 e. The molecule has 0 aliphatic heterocycles. The molecule has 0 aliphatic rings. The Balaban J connectivity index is 0. The van der Waals surface area contributed by atoms with Gasteiger partial charge in [-0.15, -0.1) is 0 Å². The quantitative estimate of drug-likeness (QED) is 0.459. The molecule has 0 rings (SSSR count). The predicted molar refractivity (Wildman–Crippen MR) is 39.5 cm³/mol. The zero-order valence-corrected chi connectivity index (χ0v) is 8.54. The third-order valence-corrected chi connectivity index (χ3v) is 1.03. The predicted octanol–water partition coefficient (Wildman–Crippen LogP) is 0.335. The van der Waals surface area contributed by atoms with E-state index in [1.54, 1.807) is 0 Å². The van der Waals surface area contributed by atoms with Gasteiger partial charge in [0.2, 0.25) is 0 Å². The summed E-state index contributed by atoms with van der Waals surface area (Å²) in [6.45, 7) is 0. The summed E-state index contributed by atoms with van der Waals surface area (Å²) < 4.78 is 0. The molecule has 0 bridgehead atoms. The van der Waals surface area contributed by atoms with Crippen LogP contribution in [0.3, 0.4) is 0 Å². The summed E-state index contributed by atoms with van der Waals surface area (Å²) >= 11 is 0. The normalized spacial score (nSPS) is 8.36. The van der Waals surface area contributed by atoms with Gasteiger partial charge in [-0.2, -0.15) is 0 Å². The molecule has 5 heteroatoms. The van der Waals surface area contributed by atoms with Crippen LogP contribution in [0.4, 0.5) is 0 Å². The standard InChI is InChI=1S/C6H10O4.Na/c7-5(8)3-1-2-4-6(9)10;/h1-4H2,(H,7,8)(H,9,10);. The van der Waals surface area contributed by atoms with E-state index >= 15 is 0 Å². The Morgan fingerprint density at radius 1 is 0.909 bits per heavy atom. The molecule has 0 spiro atoms. The van der Waals surface area contributed by atoms with Crippen molar-refractivity contribution in [1.82, 2.24) is 0 Å². The fraction of sp³-hybridized carbons (Fsp3) is 0.667. The van der Waals surface area contributed by atoms with Crippen LogP contribution in [0.1, 0.15) is 25.7 Å². The monoisotopic (exact) mass is 169 g/mol. The van der Waals surface area contributed by atoms with Crippen LogP contribution in [0.5, 0.6) is 0 Å². The first kappa shape index (κ1) is 13.5.